The fourth-order valence-corrected chi connectivity index (χ4v) is 1.77. The summed E-state index contributed by atoms with van der Waals surface area (Å²) in [6.45, 7) is 3.94. The third kappa shape index (κ3) is 2.33. The molecule has 0 saturated heterocycles. The molecule has 0 aliphatic heterocycles. The molecule has 0 saturated carbocycles. The minimum atomic E-state index is 0.534. The lowest BCUT2D eigenvalue weighted by Gasteiger charge is -2.07. The van der Waals surface area contributed by atoms with Crippen molar-refractivity contribution in [2.24, 2.45) is 7.05 Å². The summed E-state index contributed by atoms with van der Waals surface area (Å²) >= 11 is 0. The largest absolute Gasteiger partial charge is 0.336 e. The first-order valence-electron chi connectivity index (χ1n) is 5.81. The number of pyridine rings is 1. The van der Waals surface area contributed by atoms with Gasteiger partial charge in [0.25, 0.3) is 0 Å². The Kier molecular flexibility index (Phi) is 3.28. The van der Waals surface area contributed by atoms with Crippen LogP contribution in [0.2, 0.25) is 0 Å². The zero-order chi connectivity index (χ0) is 13.1. The predicted molar refractivity (Wildman–Crippen MR) is 69.6 cm³/mol. The summed E-state index contributed by atoms with van der Waals surface area (Å²) in [5.41, 5.74) is 3.27. The average molecular weight is 241 g/mol. The smallest absolute Gasteiger partial charge is 0.148 e. The number of rotatable bonds is 3. The monoisotopic (exact) mass is 241 g/mol. The van der Waals surface area contributed by atoms with Crippen LogP contribution in [-0.2, 0) is 13.5 Å². The molecule has 92 valence electrons. The number of hydrogen-bond acceptors (Lipinski definition) is 4. The summed E-state index contributed by atoms with van der Waals surface area (Å²) in [5.74, 6) is 0.584. The van der Waals surface area contributed by atoms with Crippen LogP contribution in [0.4, 0.5) is 11.5 Å². The standard InChI is InChI=1S/C13H15N5/c1-4-11-12(8-18(3)17-11)16-13-10(7-14)6-5-9(2)15-13/h5-6,8H,4H2,1-3H3,(H,15,16). The van der Waals surface area contributed by atoms with Crippen molar-refractivity contribution in [2.75, 3.05) is 5.32 Å². The molecule has 0 spiro atoms. The van der Waals surface area contributed by atoms with Crippen molar-refractivity contribution >= 4 is 11.5 Å². The first kappa shape index (κ1) is 12.1. The number of aryl methyl sites for hydroxylation is 3. The topological polar surface area (TPSA) is 66.5 Å². The Morgan fingerprint density at radius 3 is 2.89 bits per heavy atom. The van der Waals surface area contributed by atoms with E-state index in [1.807, 2.05) is 33.2 Å². The Balaban J connectivity index is 2.39. The van der Waals surface area contributed by atoms with Gasteiger partial charge in [0.2, 0.25) is 0 Å². The van der Waals surface area contributed by atoms with Gasteiger partial charge in [-0.2, -0.15) is 10.4 Å². The minimum absolute atomic E-state index is 0.534. The summed E-state index contributed by atoms with van der Waals surface area (Å²) in [6.07, 6.45) is 2.72. The Hall–Kier alpha value is -2.35. The third-order valence-electron chi connectivity index (χ3n) is 2.65. The quantitative estimate of drug-likeness (QED) is 0.895. The van der Waals surface area contributed by atoms with Crippen LogP contribution in [-0.4, -0.2) is 14.8 Å². The predicted octanol–water partition coefficient (Wildman–Crippen LogP) is 2.30. The molecule has 0 aliphatic carbocycles. The second-order valence-corrected chi connectivity index (χ2v) is 4.10. The van der Waals surface area contributed by atoms with E-state index in [4.69, 9.17) is 5.26 Å². The van der Waals surface area contributed by atoms with Gasteiger partial charge in [0.05, 0.1) is 16.9 Å². The van der Waals surface area contributed by atoms with Crippen LogP contribution in [0.15, 0.2) is 18.3 Å². The maximum Gasteiger partial charge on any atom is 0.148 e. The lowest BCUT2D eigenvalue weighted by molar-refractivity contribution is 0.746. The number of nitrogens with one attached hydrogen (secondary N) is 1. The van der Waals surface area contributed by atoms with Gasteiger partial charge in [0.1, 0.15) is 11.9 Å². The van der Waals surface area contributed by atoms with E-state index in [-0.39, 0.29) is 0 Å². The normalized spacial score (nSPS) is 10.1. The molecule has 0 aromatic carbocycles. The van der Waals surface area contributed by atoms with E-state index in [0.29, 0.717) is 11.4 Å². The van der Waals surface area contributed by atoms with Gasteiger partial charge in [-0.05, 0) is 25.5 Å². The number of aromatic nitrogens is 3. The molecule has 0 radical (unpaired) electrons. The second kappa shape index (κ2) is 4.88. The third-order valence-corrected chi connectivity index (χ3v) is 2.65. The van der Waals surface area contributed by atoms with E-state index < -0.39 is 0 Å². The maximum atomic E-state index is 9.07. The summed E-state index contributed by atoms with van der Waals surface area (Å²) < 4.78 is 1.75. The molecule has 5 heteroatoms. The van der Waals surface area contributed by atoms with Crippen molar-refractivity contribution < 1.29 is 0 Å². The van der Waals surface area contributed by atoms with Gasteiger partial charge in [-0.25, -0.2) is 4.98 Å². The van der Waals surface area contributed by atoms with Crippen LogP contribution in [0.3, 0.4) is 0 Å². The molecule has 1 N–H and O–H groups in total. The van der Waals surface area contributed by atoms with Gasteiger partial charge >= 0.3 is 0 Å². The van der Waals surface area contributed by atoms with Gasteiger partial charge < -0.3 is 5.32 Å². The van der Waals surface area contributed by atoms with E-state index in [1.165, 1.54) is 0 Å². The first-order chi connectivity index (χ1) is 8.63. The van der Waals surface area contributed by atoms with Crippen LogP contribution in [0, 0.1) is 18.3 Å². The first-order valence-corrected chi connectivity index (χ1v) is 5.81. The molecule has 0 bridgehead atoms. The molecule has 18 heavy (non-hydrogen) atoms. The van der Waals surface area contributed by atoms with Gasteiger partial charge in [-0.1, -0.05) is 6.92 Å². The summed E-state index contributed by atoms with van der Waals surface area (Å²) in [5, 5.41) is 16.6. The van der Waals surface area contributed by atoms with Crippen molar-refractivity contribution in [1.82, 2.24) is 14.8 Å². The van der Waals surface area contributed by atoms with E-state index in [0.717, 1.165) is 23.5 Å². The molecule has 0 atom stereocenters. The highest BCUT2D eigenvalue weighted by atomic mass is 15.3. The fraction of sp³-hybridized carbons (Fsp3) is 0.308. The van der Waals surface area contributed by atoms with E-state index >= 15 is 0 Å². The molecule has 0 amide bonds. The van der Waals surface area contributed by atoms with Crippen molar-refractivity contribution in [3.05, 3.63) is 35.3 Å². The summed E-state index contributed by atoms with van der Waals surface area (Å²) in [4.78, 5) is 4.35. The van der Waals surface area contributed by atoms with E-state index in [1.54, 1.807) is 10.7 Å². The van der Waals surface area contributed by atoms with Crippen molar-refractivity contribution in [1.29, 1.82) is 5.26 Å². The van der Waals surface area contributed by atoms with Crippen molar-refractivity contribution in [2.45, 2.75) is 20.3 Å². The van der Waals surface area contributed by atoms with Crippen LogP contribution in [0.25, 0.3) is 0 Å². The maximum absolute atomic E-state index is 9.07. The highest BCUT2D eigenvalue weighted by Crippen LogP contribution is 2.21. The number of hydrogen-bond donors (Lipinski definition) is 1. The SMILES string of the molecule is CCc1nn(C)cc1Nc1nc(C)ccc1C#N. The van der Waals surface area contributed by atoms with Gasteiger partial charge in [0.15, 0.2) is 0 Å². The highest BCUT2D eigenvalue weighted by Gasteiger charge is 2.09. The Morgan fingerprint density at radius 1 is 1.44 bits per heavy atom. The van der Waals surface area contributed by atoms with Gasteiger partial charge in [-0.15, -0.1) is 0 Å². The number of nitrogens with zero attached hydrogens (tertiary/aromatic N) is 4. The molecule has 0 aliphatic rings. The van der Waals surface area contributed by atoms with Gasteiger partial charge in [-0.3, -0.25) is 4.68 Å². The molecule has 2 aromatic rings. The number of anilines is 2. The van der Waals surface area contributed by atoms with Crippen molar-refractivity contribution in [3.8, 4) is 6.07 Å². The molecule has 5 nitrogen and oxygen atoms in total. The fourth-order valence-electron chi connectivity index (χ4n) is 1.77. The molecule has 0 unspecified atom stereocenters. The summed E-state index contributed by atoms with van der Waals surface area (Å²) in [7, 11) is 1.87. The minimum Gasteiger partial charge on any atom is -0.336 e. The molecule has 0 fully saturated rings. The van der Waals surface area contributed by atoms with Crippen LogP contribution >= 0.6 is 0 Å². The second-order valence-electron chi connectivity index (χ2n) is 4.10. The lowest BCUT2D eigenvalue weighted by atomic mass is 10.2. The van der Waals surface area contributed by atoms with E-state index in [2.05, 4.69) is 21.5 Å². The van der Waals surface area contributed by atoms with Crippen LogP contribution < -0.4 is 5.32 Å². The van der Waals surface area contributed by atoms with Gasteiger partial charge in [0, 0.05) is 18.9 Å². The summed E-state index contributed by atoms with van der Waals surface area (Å²) in [6, 6.07) is 5.73. The Bertz CT molecular complexity index is 606. The molecular formula is C13H15N5. The molecular weight excluding hydrogens is 226 g/mol. The average Bonchev–Trinajstić information content (AvgIpc) is 2.70. The van der Waals surface area contributed by atoms with Crippen LogP contribution in [0.5, 0.6) is 0 Å². The molecule has 2 aromatic heterocycles. The lowest BCUT2D eigenvalue weighted by Crippen LogP contribution is -1.99. The number of nitriles is 1. The zero-order valence-electron chi connectivity index (χ0n) is 10.7. The zero-order valence-corrected chi connectivity index (χ0v) is 10.7. The van der Waals surface area contributed by atoms with Crippen molar-refractivity contribution in [3.63, 3.8) is 0 Å². The molecule has 2 heterocycles. The Labute approximate surface area is 106 Å². The van der Waals surface area contributed by atoms with E-state index in [9.17, 15) is 0 Å². The highest BCUT2D eigenvalue weighted by molar-refractivity contribution is 5.64. The Morgan fingerprint density at radius 2 is 2.22 bits per heavy atom. The van der Waals surface area contributed by atoms with Crippen LogP contribution in [0.1, 0.15) is 23.9 Å². The molecule has 2 rings (SSSR count).